The molecule has 1 amide bonds. The van der Waals surface area contributed by atoms with Gasteiger partial charge in [0.05, 0.1) is 5.75 Å². The molecule has 6 heteroatoms. The van der Waals surface area contributed by atoms with Gasteiger partial charge in [0, 0.05) is 28.4 Å². The number of hydrogen-bond donors (Lipinski definition) is 0. The van der Waals surface area contributed by atoms with Gasteiger partial charge in [0.2, 0.25) is 0 Å². The third-order valence-electron chi connectivity index (χ3n) is 3.16. The highest BCUT2D eigenvalue weighted by Gasteiger charge is 2.24. The van der Waals surface area contributed by atoms with Gasteiger partial charge in [-0.3, -0.25) is 4.79 Å². The number of carbonyl (C=O) groups excluding carboxylic acids is 1. The second-order valence-corrected chi connectivity index (χ2v) is 7.96. The monoisotopic (exact) mass is 361 g/mol. The average Bonchev–Trinajstić information content (AvgIpc) is 2.39. The molecule has 20 heavy (non-hydrogen) atoms. The Bertz CT molecular complexity index is 554. The van der Waals surface area contributed by atoms with Crippen LogP contribution in [0.2, 0.25) is 0 Å². The molecule has 0 bridgehead atoms. The molecule has 0 N–H and O–H groups in total. The van der Waals surface area contributed by atoms with Gasteiger partial charge in [-0.1, -0.05) is 22.9 Å². The van der Waals surface area contributed by atoms with Crippen LogP contribution in [0.3, 0.4) is 0 Å². The summed E-state index contributed by atoms with van der Waals surface area (Å²) in [4.78, 5) is 14.0. The minimum atomic E-state index is -3.10. The maximum atomic E-state index is 12.4. The second-order valence-electron chi connectivity index (χ2n) is 4.65. The molecule has 1 atom stereocenters. The zero-order chi connectivity index (χ0) is 15.3. The highest BCUT2D eigenvalue weighted by atomic mass is 79.9. The average molecular weight is 362 g/mol. The van der Waals surface area contributed by atoms with Crippen LogP contribution in [0.25, 0.3) is 0 Å². The predicted octanol–water partition coefficient (Wildman–Crippen LogP) is 2.73. The van der Waals surface area contributed by atoms with E-state index in [0.717, 1.165) is 4.47 Å². The van der Waals surface area contributed by atoms with Crippen LogP contribution in [-0.2, 0) is 9.84 Å². The van der Waals surface area contributed by atoms with Crippen LogP contribution < -0.4 is 0 Å². The van der Waals surface area contributed by atoms with Gasteiger partial charge in [-0.25, -0.2) is 8.42 Å². The van der Waals surface area contributed by atoms with Crippen molar-refractivity contribution < 1.29 is 13.2 Å². The van der Waals surface area contributed by atoms with Crippen molar-refractivity contribution in [1.29, 1.82) is 0 Å². The number of nitrogens with zero attached hydrogens (tertiary/aromatic N) is 1. The van der Waals surface area contributed by atoms with Crippen molar-refractivity contribution >= 4 is 31.7 Å². The molecule has 1 rings (SSSR count). The fourth-order valence-corrected chi connectivity index (χ4v) is 3.40. The van der Waals surface area contributed by atoms with E-state index in [9.17, 15) is 13.2 Å². The number of benzene rings is 1. The van der Waals surface area contributed by atoms with Crippen LogP contribution >= 0.6 is 15.9 Å². The fraction of sp³-hybridized carbons (Fsp3) is 0.500. The van der Waals surface area contributed by atoms with Gasteiger partial charge < -0.3 is 4.90 Å². The van der Waals surface area contributed by atoms with Gasteiger partial charge in [-0.05, 0) is 38.1 Å². The Labute approximate surface area is 129 Å². The zero-order valence-electron chi connectivity index (χ0n) is 12.0. The standard InChI is InChI=1S/C14H20BrNO3S/c1-4-16(11(3)10-20(18,19)5-2)14(17)12-6-8-13(15)9-7-12/h6-9,11H,4-5,10H2,1-3H3. The van der Waals surface area contributed by atoms with E-state index in [1.165, 1.54) is 0 Å². The fourth-order valence-electron chi connectivity index (χ4n) is 1.99. The number of sulfone groups is 1. The van der Waals surface area contributed by atoms with Crippen molar-refractivity contribution in [2.45, 2.75) is 26.8 Å². The number of carbonyl (C=O) groups is 1. The summed E-state index contributed by atoms with van der Waals surface area (Å²) in [7, 11) is -3.10. The van der Waals surface area contributed by atoms with Crippen LogP contribution in [0.5, 0.6) is 0 Å². The quantitative estimate of drug-likeness (QED) is 0.782. The Morgan fingerprint density at radius 3 is 2.25 bits per heavy atom. The number of amides is 1. The van der Waals surface area contributed by atoms with E-state index in [0.29, 0.717) is 12.1 Å². The Kier molecular flexibility index (Phi) is 6.20. The van der Waals surface area contributed by atoms with Crippen molar-refractivity contribution in [3.8, 4) is 0 Å². The first-order valence-electron chi connectivity index (χ1n) is 6.57. The summed E-state index contributed by atoms with van der Waals surface area (Å²) in [6, 6.07) is 6.73. The molecule has 1 unspecified atom stereocenters. The molecule has 0 saturated heterocycles. The van der Waals surface area contributed by atoms with E-state index in [1.807, 2.05) is 6.92 Å². The Morgan fingerprint density at radius 1 is 1.25 bits per heavy atom. The van der Waals surface area contributed by atoms with Crippen molar-refractivity contribution in [2.24, 2.45) is 0 Å². The van der Waals surface area contributed by atoms with E-state index in [1.54, 1.807) is 43.0 Å². The Balaban J connectivity index is 2.89. The first-order chi connectivity index (χ1) is 9.30. The molecule has 0 heterocycles. The summed E-state index contributed by atoms with van der Waals surface area (Å²) in [6.07, 6.45) is 0. The lowest BCUT2D eigenvalue weighted by Gasteiger charge is -2.28. The van der Waals surface area contributed by atoms with Crippen molar-refractivity contribution in [3.63, 3.8) is 0 Å². The van der Waals surface area contributed by atoms with Gasteiger partial charge >= 0.3 is 0 Å². The molecule has 0 aliphatic carbocycles. The topological polar surface area (TPSA) is 54.5 Å². The molecule has 0 aliphatic rings. The van der Waals surface area contributed by atoms with Gasteiger partial charge in [-0.2, -0.15) is 0 Å². The lowest BCUT2D eigenvalue weighted by atomic mass is 10.2. The summed E-state index contributed by atoms with van der Waals surface area (Å²) in [6.45, 7) is 5.73. The molecule has 0 aromatic heterocycles. The largest absolute Gasteiger partial charge is 0.335 e. The van der Waals surface area contributed by atoms with Gasteiger partial charge in [0.1, 0.15) is 0 Å². The van der Waals surface area contributed by atoms with E-state index >= 15 is 0 Å². The van der Waals surface area contributed by atoms with Gasteiger partial charge in [-0.15, -0.1) is 0 Å². The summed E-state index contributed by atoms with van der Waals surface area (Å²) in [5.41, 5.74) is 0.566. The van der Waals surface area contributed by atoms with Crippen LogP contribution in [0, 0.1) is 0 Å². The van der Waals surface area contributed by atoms with E-state index < -0.39 is 9.84 Å². The normalized spacial score (nSPS) is 13.0. The second kappa shape index (κ2) is 7.22. The highest BCUT2D eigenvalue weighted by Crippen LogP contribution is 2.14. The molecule has 4 nitrogen and oxygen atoms in total. The molecule has 112 valence electrons. The highest BCUT2D eigenvalue weighted by molar-refractivity contribution is 9.10. The first-order valence-corrected chi connectivity index (χ1v) is 9.19. The molecule has 0 fully saturated rings. The third kappa shape index (κ3) is 4.59. The smallest absolute Gasteiger partial charge is 0.254 e. The van der Waals surface area contributed by atoms with Crippen molar-refractivity contribution in [2.75, 3.05) is 18.1 Å². The van der Waals surface area contributed by atoms with Gasteiger partial charge in [0.25, 0.3) is 5.91 Å². The van der Waals surface area contributed by atoms with E-state index in [4.69, 9.17) is 0 Å². The molecule has 0 radical (unpaired) electrons. The van der Waals surface area contributed by atoms with Crippen LogP contribution in [-0.4, -0.2) is 43.3 Å². The minimum absolute atomic E-state index is 0.000389. The molecular formula is C14H20BrNO3S. The molecule has 0 spiro atoms. The Hall–Kier alpha value is -0.880. The van der Waals surface area contributed by atoms with Crippen molar-refractivity contribution in [3.05, 3.63) is 34.3 Å². The van der Waals surface area contributed by atoms with E-state index in [-0.39, 0.29) is 23.5 Å². The lowest BCUT2D eigenvalue weighted by Crippen LogP contribution is -2.42. The first kappa shape index (κ1) is 17.2. The molecule has 1 aromatic carbocycles. The summed E-state index contributed by atoms with van der Waals surface area (Å²) < 4.78 is 24.3. The van der Waals surface area contributed by atoms with E-state index in [2.05, 4.69) is 15.9 Å². The molecular weight excluding hydrogens is 342 g/mol. The summed E-state index contributed by atoms with van der Waals surface area (Å²) >= 11 is 3.32. The van der Waals surface area contributed by atoms with Crippen LogP contribution in [0.4, 0.5) is 0 Å². The maximum absolute atomic E-state index is 12.4. The molecule has 0 saturated carbocycles. The molecule has 0 aliphatic heterocycles. The number of rotatable bonds is 6. The predicted molar refractivity (Wildman–Crippen MR) is 84.6 cm³/mol. The summed E-state index contributed by atoms with van der Waals surface area (Å²) in [5, 5.41) is 0. The Morgan fingerprint density at radius 2 is 1.80 bits per heavy atom. The summed E-state index contributed by atoms with van der Waals surface area (Å²) in [5.74, 6) is -0.0418. The van der Waals surface area contributed by atoms with Crippen LogP contribution in [0.15, 0.2) is 28.7 Å². The van der Waals surface area contributed by atoms with Crippen LogP contribution in [0.1, 0.15) is 31.1 Å². The number of halogens is 1. The molecule has 1 aromatic rings. The zero-order valence-corrected chi connectivity index (χ0v) is 14.4. The maximum Gasteiger partial charge on any atom is 0.254 e. The SMILES string of the molecule is CCN(C(=O)c1ccc(Br)cc1)C(C)CS(=O)(=O)CC. The van der Waals surface area contributed by atoms with Gasteiger partial charge in [0.15, 0.2) is 9.84 Å². The lowest BCUT2D eigenvalue weighted by molar-refractivity contribution is 0.0719. The minimum Gasteiger partial charge on any atom is -0.335 e. The third-order valence-corrected chi connectivity index (χ3v) is 5.56. The number of hydrogen-bond acceptors (Lipinski definition) is 3. The van der Waals surface area contributed by atoms with Crippen molar-refractivity contribution in [1.82, 2.24) is 4.90 Å².